The third-order valence-electron chi connectivity index (χ3n) is 4.30. The molecule has 1 rings (SSSR count). The molecule has 0 amide bonds. The number of rotatable bonds is 2. The topological polar surface area (TPSA) is 26.0 Å². The Morgan fingerprint density at radius 2 is 1.75 bits per heavy atom. The Kier molecular flexibility index (Phi) is 2.82. The molecule has 1 nitrogen and oxygen atoms in total. The normalized spacial score (nSPS) is 40.2. The maximum absolute atomic E-state index is 6.27. The first kappa shape index (κ1) is 10.0. The molecule has 0 saturated heterocycles. The molecule has 2 N–H and O–H groups in total. The molecule has 0 spiro atoms. The van der Waals surface area contributed by atoms with E-state index in [1.165, 1.54) is 19.3 Å². The second kappa shape index (κ2) is 3.37. The van der Waals surface area contributed by atoms with E-state index in [1.807, 2.05) is 0 Å². The first-order valence-electron chi connectivity index (χ1n) is 5.34. The third kappa shape index (κ3) is 1.19. The van der Waals surface area contributed by atoms with Crippen LogP contribution in [0.25, 0.3) is 0 Å². The second-order valence-electron chi connectivity index (χ2n) is 4.58. The Morgan fingerprint density at radius 1 is 1.25 bits per heavy atom. The second-order valence-corrected chi connectivity index (χ2v) is 4.58. The van der Waals surface area contributed by atoms with Crippen molar-refractivity contribution in [3.63, 3.8) is 0 Å². The lowest BCUT2D eigenvalue weighted by Gasteiger charge is -2.36. The molecule has 0 aromatic rings. The van der Waals surface area contributed by atoms with E-state index >= 15 is 0 Å². The molecule has 1 aliphatic carbocycles. The van der Waals surface area contributed by atoms with Gasteiger partial charge in [0.05, 0.1) is 0 Å². The zero-order chi connectivity index (χ0) is 9.35. The molecule has 1 heteroatoms. The van der Waals surface area contributed by atoms with Crippen molar-refractivity contribution in [1.29, 1.82) is 0 Å². The molecule has 0 radical (unpaired) electrons. The van der Waals surface area contributed by atoms with Crippen molar-refractivity contribution in [3.8, 4) is 0 Å². The molecule has 1 fully saturated rings. The van der Waals surface area contributed by atoms with Crippen LogP contribution in [0.1, 0.15) is 47.0 Å². The first-order valence-corrected chi connectivity index (χ1v) is 5.34. The van der Waals surface area contributed by atoms with Crippen molar-refractivity contribution in [1.82, 2.24) is 0 Å². The van der Waals surface area contributed by atoms with E-state index in [0.717, 1.165) is 11.8 Å². The lowest BCUT2D eigenvalue weighted by Crippen LogP contribution is -2.41. The summed E-state index contributed by atoms with van der Waals surface area (Å²) in [6.07, 6.45) is 3.81. The highest BCUT2D eigenvalue weighted by Crippen LogP contribution is 2.49. The third-order valence-corrected chi connectivity index (χ3v) is 4.30. The maximum atomic E-state index is 6.27. The van der Waals surface area contributed by atoms with Gasteiger partial charge in [-0.05, 0) is 36.5 Å². The van der Waals surface area contributed by atoms with E-state index < -0.39 is 0 Å². The van der Waals surface area contributed by atoms with Crippen molar-refractivity contribution in [2.24, 2.45) is 23.0 Å². The minimum absolute atomic E-state index is 0.433. The highest BCUT2D eigenvalue weighted by molar-refractivity contribution is 5.00. The molecule has 72 valence electrons. The van der Waals surface area contributed by atoms with E-state index in [1.54, 1.807) is 0 Å². The Bertz CT molecular complexity index is 149. The zero-order valence-electron chi connectivity index (χ0n) is 8.93. The average Bonchev–Trinajstić information content (AvgIpc) is 2.26. The van der Waals surface area contributed by atoms with Crippen LogP contribution in [0.4, 0.5) is 0 Å². The van der Waals surface area contributed by atoms with Crippen LogP contribution in [0, 0.1) is 17.3 Å². The number of hydrogen-bond acceptors (Lipinski definition) is 1. The van der Waals surface area contributed by atoms with Crippen LogP contribution in [0.3, 0.4) is 0 Å². The van der Waals surface area contributed by atoms with Crippen LogP contribution in [-0.4, -0.2) is 6.04 Å². The maximum Gasteiger partial charge on any atom is 0.0124 e. The molecule has 12 heavy (non-hydrogen) atoms. The molecular weight excluding hydrogens is 146 g/mol. The van der Waals surface area contributed by atoms with E-state index in [4.69, 9.17) is 5.73 Å². The molecule has 0 bridgehead atoms. The molecule has 0 aromatic carbocycles. The summed E-state index contributed by atoms with van der Waals surface area (Å²) in [6, 6.07) is 0.433. The van der Waals surface area contributed by atoms with E-state index in [0.29, 0.717) is 11.5 Å². The van der Waals surface area contributed by atoms with Gasteiger partial charge in [0.25, 0.3) is 0 Å². The average molecular weight is 169 g/mol. The largest absolute Gasteiger partial charge is 0.327 e. The highest BCUT2D eigenvalue weighted by atomic mass is 14.8. The van der Waals surface area contributed by atoms with Crippen LogP contribution in [0.2, 0.25) is 0 Å². The van der Waals surface area contributed by atoms with Gasteiger partial charge in [0.1, 0.15) is 0 Å². The van der Waals surface area contributed by atoms with Crippen molar-refractivity contribution in [3.05, 3.63) is 0 Å². The SMILES string of the molecule is CCC1(CC)[C@H](C)C[C@H](C)[C@@H]1N. The summed E-state index contributed by atoms with van der Waals surface area (Å²) in [6.45, 7) is 9.25. The first-order chi connectivity index (χ1) is 5.58. The van der Waals surface area contributed by atoms with E-state index in [9.17, 15) is 0 Å². The van der Waals surface area contributed by atoms with E-state index in [2.05, 4.69) is 27.7 Å². The fourth-order valence-corrected chi connectivity index (χ4v) is 3.25. The lowest BCUT2D eigenvalue weighted by molar-refractivity contribution is 0.165. The van der Waals surface area contributed by atoms with Gasteiger partial charge in [-0.3, -0.25) is 0 Å². The number of nitrogens with two attached hydrogens (primary N) is 1. The van der Waals surface area contributed by atoms with Gasteiger partial charge in [-0.15, -0.1) is 0 Å². The quantitative estimate of drug-likeness (QED) is 0.676. The number of hydrogen-bond donors (Lipinski definition) is 1. The van der Waals surface area contributed by atoms with Gasteiger partial charge in [0.2, 0.25) is 0 Å². The molecule has 3 atom stereocenters. The summed E-state index contributed by atoms with van der Waals surface area (Å²) in [7, 11) is 0. The summed E-state index contributed by atoms with van der Waals surface area (Å²) in [5.74, 6) is 1.54. The molecule has 1 aliphatic rings. The van der Waals surface area contributed by atoms with Gasteiger partial charge in [0.15, 0.2) is 0 Å². The molecule has 1 saturated carbocycles. The molecule has 0 aliphatic heterocycles. The van der Waals surface area contributed by atoms with Gasteiger partial charge in [-0.1, -0.05) is 27.7 Å². The fourth-order valence-electron chi connectivity index (χ4n) is 3.25. The summed E-state index contributed by atoms with van der Waals surface area (Å²) in [4.78, 5) is 0. The van der Waals surface area contributed by atoms with Crippen LogP contribution >= 0.6 is 0 Å². The minimum Gasteiger partial charge on any atom is -0.327 e. The van der Waals surface area contributed by atoms with Gasteiger partial charge in [-0.2, -0.15) is 0 Å². The molecule has 0 unspecified atom stereocenters. The van der Waals surface area contributed by atoms with E-state index in [-0.39, 0.29) is 0 Å². The summed E-state index contributed by atoms with van der Waals surface area (Å²) >= 11 is 0. The highest BCUT2D eigenvalue weighted by Gasteiger charge is 2.46. The van der Waals surface area contributed by atoms with Crippen LogP contribution in [0.5, 0.6) is 0 Å². The monoisotopic (exact) mass is 169 g/mol. The van der Waals surface area contributed by atoms with Crippen LogP contribution in [-0.2, 0) is 0 Å². The Balaban J connectivity index is 2.85. The van der Waals surface area contributed by atoms with Crippen molar-refractivity contribution in [2.75, 3.05) is 0 Å². The fraction of sp³-hybridized carbons (Fsp3) is 1.00. The molecule has 0 aromatic heterocycles. The molecular formula is C11H23N. The van der Waals surface area contributed by atoms with Gasteiger partial charge >= 0.3 is 0 Å². The molecule has 0 heterocycles. The Labute approximate surface area is 76.7 Å². The van der Waals surface area contributed by atoms with Crippen molar-refractivity contribution < 1.29 is 0 Å². The summed E-state index contributed by atoms with van der Waals surface area (Å²) in [5.41, 5.74) is 6.71. The Hall–Kier alpha value is -0.0400. The predicted octanol–water partition coefficient (Wildman–Crippen LogP) is 2.80. The van der Waals surface area contributed by atoms with Gasteiger partial charge in [0, 0.05) is 6.04 Å². The zero-order valence-corrected chi connectivity index (χ0v) is 8.93. The Morgan fingerprint density at radius 3 is 1.92 bits per heavy atom. The lowest BCUT2D eigenvalue weighted by atomic mass is 9.71. The predicted molar refractivity (Wildman–Crippen MR) is 53.9 cm³/mol. The van der Waals surface area contributed by atoms with Crippen LogP contribution < -0.4 is 5.73 Å². The smallest absolute Gasteiger partial charge is 0.0124 e. The summed E-state index contributed by atoms with van der Waals surface area (Å²) < 4.78 is 0. The van der Waals surface area contributed by atoms with Crippen molar-refractivity contribution >= 4 is 0 Å². The standard InChI is InChI=1S/C11H23N/c1-5-11(6-2)9(4)7-8(3)10(11)12/h8-10H,5-7,12H2,1-4H3/t8-,9+,10-/m0/s1. The van der Waals surface area contributed by atoms with Crippen molar-refractivity contribution in [2.45, 2.75) is 53.0 Å². The van der Waals surface area contributed by atoms with Gasteiger partial charge in [-0.25, -0.2) is 0 Å². The minimum atomic E-state index is 0.433. The summed E-state index contributed by atoms with van der Waals surface area (Å²) in [5, 5.41) is 0. The van der Waals surface area contributed by atoms with Crippen LogP contribution in [0.15, 0.2) is 0 Å². The van der Waals surface area contributed by atoms with Gasteiger partial charge < -0.3 is 5.73 Å².